The van der Waals surface area contributed by atoms with Crippen molar-refractivity contribution in [2.45, 2.75) is 26.2 Å². The minimum absolute atomic E-state index is 0.00599. The SMILES string of the molecule is CCC(C(=O)N1CCN(C(=O)c2cc(-c3ccccc3)n(-c3cccc(OC)c3)c2C)CC1)c1ccccc1. The number of benzene rings is 3. The number of hydrogen-bond donors (Lipinski definition) is 0. The van der Waals surface area contributed by atoms with Gasteiger partial charge in [-0.1, -0.05) is 73.7 Å². The van der Waals surface area contributed by atoms with Gasteiger partial charge in [0.15, 0.2) is 0 Å². The van der Waals surface area contributed by atoms with Gasteiger partial charge in [0.25, 0.3) is 5.91 Å². The van der Waals surface area contributed by atoms with Gasteiger partial charge in [0, 0.05) is 43.6 Å². The van der Waals surface area contributed by atoms with Crippen LogP contribution in [0.15, 0.2) is 91.0 Å². The van der Waals surface area contributed by atoms with Gasteiger partial charge in [-0.15, -0.1) is 0 Å². The fraction of sp³-hybridized carbons (Fsp3) is 0.273. The summed E-state index contributed by atoms with van der Waals surface area (Å²) >= 11 is 0. The number of nitrogens with zero attached hydrogens (tertiary/aromatic N) is 3. The maximum Gasteiger partial charge on any atom is 0.255 e. The summed E-state index contributed by atoms with van der Waals surface area (Å²) in [5.41, 5.74) is 5.52. The zero-order chi connectivity index (χ0) is 27.4. The molecular weight excluding hydrogens is 486 g/mol. The van der Waals surface area contributed by atoms with Crippen LogP contribution >= 0.6 is 0 Å². The second-order valence-corrected chi connectivity index (χ2v) is 9.92. The van der Waals surface area contributed by atoms with Gasteiger partial charge in [0.05, 0.1) is 24.3 Å². The Morgan fingerprint density at radius 2 is 1.46 bits per heavy atom. The number of methoxy groups -OCH3 is 1. The van der Waals surface area contributed by atoms with Gasteiger partial charge in [-0.3, -0.25) is 9.59 Å². The Balaban J connectivity index is 1.39. The largest absolute Gasteiger partial charge is 0.497 e. The molecule has 5 rings (SSSR count). The summed E-state index contributed by atoms with van der Waals surface area (Å²) in [5, 5.41) is 0. The molecule has 3 aromatic carbocycles. The van der Waals surface area contributed by atoms with E-state index >= 15 is 0 Å². The van der Waals surface area contributed by atoms with Crippen molar-refractivity contribution in [3.05, 3.63) is 108 Å². The molecule has 4 aromatic rings. The van der Waals surface area contributed by atoms with E-state index in [0.717, 1.165) is 40.4 Å². The third-order valence-corrected chi connectivity index (χ3v) is 7.65. The van der Waals surface area contributed by atoms with E-state index in [2.05, 4.69) is 23.6 Å². The smallest absolute Gasteiger partial charge is 0.255 e. The number of carbonyl (C=O) groups is 2. The summed E-state index contributed by atoms with van der Waals surface area (Å²) in [6.07, 6.45) is 0.751. The third kappa shape index (κ3) is 5.32. The van der Waals surface area contributed by atoms with Crippen LogP contribution in [0.1, 0.15) is 40.9 Å². The highest BCUT2D eigenvalue weighted by molar-refractivity contribution is 5.97. The molecule has 1 aromatic heterocycles. The fourth-order valence-electron chi connectivity index (χ4n) is 5.49. The second-order valence-electron chi connectivity index (χ2n) is 9.92. The van der Waals surface area contributed by atoms with E-state index in [9.17, 15) is 9.59 Å². The first kappa shape index (κ1) is 26.3. The molecule has 6 heteroatoms. The monoisotopic (exact) mass is 521 g/mol. The van der Waals surface area contributed by atoms with Crippen LogP contribution in [0, 0.1) is 6.92 Å². The molecule has 39 heavy (non-hydrogen) atoms. The van der Waals surface area contributed by atoms with Gasteiger partial charge >= 0.3 is 0 Å². The zero-order valence-electron chi connectivity index (χ0n) is 22.8. The van der Waals surface area contributed by atoms with Crippen molar-refractivity contribution in [3.8, 4) is 22.7 Å². The molecule has 0 bridgehead atoms. The van der Waals surface area contributed by atoms with E-state index in [1.807, 2.05) is 95.6 Å². The molecule has 200 valence electrons. The summed E-state index contributed by atoms with van der Waals surface area (Å²) in [7, 11) is 1.65. The van der Waals surface area contributed by atoms with Crippen LogP contribution in [0.3, 0.4) is 0 Å². The molecule has 0 saturated carbocycles. The molecular formula is C33H35N3O3. The van der Waals surface area contributed by atoms with Crippen molar-refractivity contribution in [2.75, 3.05) is 33.3 Å². The maximum absolute atomic E-state index is 13.8. The first-order valence-electron chi connectivity index (χ1n) is 13.6. The van der Waals surface area contributed by atoms with Gasteiger partial charge in [-0.05, 0) is 42.7 Å². The molecule has 1 fully saturated rings. The lowest BCUT2D eigenvalue weighted by molar-refractivity contribution is -0.134. The standard InChI is InChI=1S/C33H35N3O3/c1-4-29(25-12-7-5-8-13-25)32(37)34-18-20-35(21-19-34)33(38)30-23-31(26-14-9-6-10-15-26)36(24(30)2)27-16-11-17-28(22-27)39-3/h5-17,22-23,29H,4,18-21H2,1-3H3. The van der Waals surface area contributed by atoms with Gasteiger partial charge in [-0.25, -0.2) is 0 Å². The minimum Gasteiger partial charge on any atom is -0.497 e. The average molecular weight is 522 g/mol. The molecule has 1 atom stereocenters. The molecule has 1 aliphatic rings. The topological polar surface area (TPSA) is 54.8 Å². The van der Waals surface area contributed by atoms with E-state index in [-0.39, 0.29) is 17.7 Å². The Morgan fingerprint density at radius 3 is 2.10 bits per heavy atom. The Kier molecular flexibility index (Phi) is 7.82. The highest BCUT2D eigenvalue weighted by Gasteiger charge is 2.31. The van der Waals surface area contributed by atoms with Crippen LogP contribution in [0.4, 0.5) is 0 Å². The Hall–Kier alpha value is -4.32. The molecule has 0 radical (unpaired) electrons. The number of amides is 2. The predicted molar refractivity (Wildman–Crippen MR) is 154 cm³/mol. The number of carbonyl (C=O) groups excluding carboxylic acids is 2. The fourth-order valence-corrected chi connectivity index (χ4v) is 5.49. The molecule has 1 saturated heterocycles. The van der Waals surface area contributed by atoms with E-state index in [1.54, 1.807) is 7.11 Å². The summed E-state index contributed by atoms with van der Waals surface area (Å²) in [6.45, 7) is 6.14. The molecule has 0 N–H and O–H groups in total. The third-order valence-electron chi connectivity index (χ3n) is 7.65. The van der Waals surface area contributed by atoms with Crippen LogP contribution in [-0.2, 0) is 4.79 Å². The highest BCUT2D eigenvalue weighted by Crippen LogP contribution is 2.32. The van der Waals surface area contributed by atoms with Crippen molar-refractivity contribution in [1.29, 1.82) is 0 Å². The zero-order valence-corrected chi connectivity index (χ0v) is 22.8. The number of aromatic nitrogens is 1. The number of rotatable bonds is 7. The van der Waals surface area contributed by atoms with Crippen molar-refractivity contribution >= 4 is 11.8 Å². The summed E-state index contributed by atoms with van der Waals surface area (Å²) in [4.78, 5) is 31.0. The van der Waals surface area contributed by atoms with E-state index in [1.165, 1.54) is 0 Å². The lowest BCUT2D eigenvalue weighted by Crippen LogP contribution is -2.51. The molecule has 2 heterocycles. The first-order chi connectivity index (χ1) is 19.0. The number of ether oxygens (including phenoxy) is 1. The molecule has 1 aliphatic heterocycles. The van der Waals surface area contributed by atoms with Crippen molar-refractivity contribution in [2.24, 2.45) is 0 Å². The Labute approximate surface area is 230 Å². The second kappa shape index (κ2) is 11.6. The van der Waals surface area contributed by atoms with Crippen molar-refractivity contribution < 1.29 is 14.3 Å². The molecule has 2 amide bonds. The summed E-state index contributed by atoms with van der Waals surface area (Å²) in [6, 6.07) is 29.9. The van der Waals surface area contributed by atoms with Crippen molar-refractivity contribution in [1.82, 2.24) is 14.4 Å². The Morgan fingerprint density at radius 1 is 0.821 bits per heavy atom. The van der Waals surface area contributed by atoms with Gasteiger partial charge in [-0.2, -0.15) is 0 Å². The average Bonchev–Trinajstić information content (AvgIpc) is 3.35. The normalized spacial score (nSPS) is 14.2. The van der Waals surface area contributed by atoms with Crippen LogP contribution < -0.4 is 4.74 Å². The number of piperazine rings is 1. The van der Waals surface area contributed by atoms with E-state index in [4.69, 9.17) is 4.74 Å². The van der Waals surface area contributed by atoms with Crippen LogP contribution in [0.5, 0.6) is 5.75 Å². The molecule has 0 spiro atoms. The van der Waals surface area contributed by atoms with Gasteiger partial charge in [0.2, 0.25) is 5.91 Å². The lowest BCUT2D eigenvalue weighted by atomic mass is 9.95. The van der Waals surface area contributed by atoms with Gasteiger partial charge < -0.3 is 19.1 Å². The molecule has 6 nitrogen and oxygen atoms in total. The Bertz CT molecular complexity index is 1440. The highest BCUT2D eigenvalue weighted by atomic mass is 16.5. The summed E-state index contributed by atoms with van der Waals surface area (Å²) in [5.74, 6) is 0.742. The predicted octanol–water partition coefficient (Wildman–Crippen LogP) is 5.94. The lowest BCUT2D eigenvalue weighted by Gasteiger charge is -2.36. The first-order valence-corrected chi connectivity index (χ1v) is 13.6. The van der Waals surface area contributed by atoms with Crippen molar-refractivity contribution in [3.63, 3.8) is 0 Å². The number of hydrogen-bond acceptors (Lipinski definition) is 3. The summed E-state index contributed by atoms with van der Waals surface area (Å²) < 4.78 is 7.59. The van der Waals surface area contributed by atoms with Crippen LogP contribution in [0.25, 0.3) is 16.9 Å². The quantitative estimate of drug-likeness (QED) is 0.303. The molecule has 0 aliphatic carbocycles. The maximum atomic E-state index is 13.8. The van der Waals surface area contributed by atoms with Crippen LogP contribution in [-0.4, -0.2) is 59.5 Å². The van der Waals surface area contributed by atoms with E-state index in [0.29, 0.717) is 31.7 Å². The van der Waals surface area contributed by atoms with Gasteiger partial charge in [0.1, 0.15) is 5.75 Å². The van der Waals surface area contributed by atoms with E-state index < -0.39 is 0 Å². The minimum atomic E-state index is -0.152. The van der Waals surface area contributed by atoms with Crippen LogP contribution in [0.2, 0.25) is 0 Å². The molecule has 1 unspecified atom stereocenters.